The minimum atomic E-state index is -0.169. The zero-order chi connectivity index (χ0) is 22.0. The topological polar surface area (TPSA) is 67.7 Å². The van der Waals surface area contributed by atoms with E-state index in [2.05, 4.69) is 5.10 Å². The van der Waals surface area contributed by atoms with Gasteiger partial charge in [0.15, 0.2) is 0 Å². The third-order valence-corrected chi connectivity index (χ3v) is 6.50. The molecular weight excluding hydrogens is 416 g/mol. The minimum absolute atomic E-state index is 0.124. The van der Waals surface area contributed by atoms with Crippen molar-refractivity contribution >= 4 is 23.4 Å². The summed E-state index contributed by atoms with van der Waals surface area (Å²) in [4.78, 5) is 29.9. The molecule has 1 aromatic carbocycles. The Balaban J connectivity index is 1.47. The summed E-state index contributed by atoms with van der Waals surface area (Å²) < 4.78 is 7.02. The van der Waals surface area contributed by atoms with Crippen molar-refractivity contribution in [1.82, 2.24) is 19.6 Å². The molecule has 3 heterocycles. The van der Waals surface area contributed by atoms with Gasteiger partial charge in [0.05, 0.1) is 36.9 Å². The van der Waals surface area contributed by atoms with E-state index in [9.17, 15) is 9.59 Å². The molecule has 2 amide bonds. The number of amides is 2. The van der Waals surface area contributed by atoms with Crippen LogP contribution in [0.2, 0.25) is 5.15 Å². The average Bonchev–Trinajstić information content (AvgIpc) is 3.07. The number of likely N-dealkylation sites (tertiary alicyclic amines) is 1. The van der Waals surface area contributed by atoms with Gasteiger partial charge in [-0.05, 0) is 32.3 Å². The van der Waals surface area contributed by atoms with Gasteiger partial charge < -0.3 is 14.5 Å². The first-order valence-electron chi connectivity index (χ1n) is 10.9. The van der Waals surface area contributed by atoms with E-state index < -0.39 is 0 Å². The van der Waals surface area contributed by atoms with E-state index >= 15 is 0 Å². The number of piperidine rings is 1. The van der Waals surface area contributed by atoms with Crippen LogP contribution in [-0.4, -0.2) is 70.8 Å². The molecule has 0 saturated carbocycles. The lowest BCUT2D eigenvalue weighted by molar-refractivity contribution is -0.141. The molecule has 0 unspecified atom stereocenters. The molecule has 7 nitrogen and oxygen atoms in total. The molecule has 2 saturated heterocycles. The zero-order valence-corrected chi connectivity index (χ0v) is 18.9. The predicted molar refractivity (Wildman–Crippen MR) is 118 cm³/mol. The van der Waals surface area contributed by atoms with Crippen LogP contribution in [0, 0.1) is 19.8 Å². The average molecular weight is 445 g/mol. The molecule has 1 atom stereocenters. The predicted octanol–water partition coefficient (Wildman–Crippen LogP) is 2.91. The van der Waals surface area contributed by atoms with Crippen LogP contribution in [0.15, 0.2) is 24.3 Å². The van der Waals surface area contributed by atoms with Crippen molar-refractivity contribution in [3.8, 4) is 0 Å². The summed E-state index contributed by atoms with van der Waals surface area (Å²) in [6, 6.07) is 8.17. The van der Waals surface area contributed by atoms with Crippen LogP contribution in [0.4, 0.5) is 0 Å². The summed E-state index contributed by atoms with van der Waals surface area (Å²) >= 11 is 6.61. The number of ether oxygens (including phenoxy) is 1. The van der Waals surface area contributed by atoms with E-state index in [-0.39, 0.29) is 17.7 Å². The van der Waals surface area contributed by atoms with Crippen LogP contribution >= 0.6 is 11.6 Å². The fraction of sp³-hybridized carbons (Fsp3) is 0.522. The first kappa shape index (κ1) is 21.8. The first-order chi connectivity index (χ1) is 14.9. The standard InChI is InChI=1S/C23H29ClN4O3/c1-16-5-7-18(8-6-16)14-28-21(24)20(17(2)25-28)23(30)27-9-3-4-19(15-27)22(29)26-10-12-31-13-11-26/h5-8,19H,3-4,9-15H2,1-2H3/t19-/m1/s1. The number of aryl methyl sites for hydroxylation is 2. The van der Waals surface area contributed by atoms with Crippen LogP contribution in [0.5, 0.6) is 0 Å². The van der Waals surface area contributed by atoms with Gasteiger partial charge in [0, 0.05) is 26.2 Å². The maximum absolute atomic E-state index is 13.3. The number of benzene rings is 1. The highest BCUT2D eigenvalue weighted by atomic mass is 35.5. The molecular formula is C23H29ClN4O3. The summed E-state index contributed by atoms with van der Waals surface area (Å²) in [6.45, 7) is 7.82. The van der Waals surface area contributed by atoms with Crippen molar-refractivity contribution < 1.29 is 14.3 Å². The Morgan fingerprint density at radius 2 is 1.81 bits per heavy atom. The lowest BCUT2D eigenvalue weighted by Crippen LogP contribution is -2.49. The Bertz CT molecular complexity index is 950. The molecule has 2 aliphatic heterocycles. The quantitative estimate of drug-likeness (QED) is 0.727. The molecule has 2 aromatic rings. The van der Waals surface area contributed by atoms with E-state index in [4.69, 9.17) is 16.3 Å². The molecule has 4 rings (SSSR count). The Kier molecular flexibility index (Phi) is 6.62. The van der Waals surface area contributed by atoms with Crippen LogP contribution < -0.4 is 0 Å². The number of rotatable bonds is 4. The number of carbonyl (C=O) groups is 2. The lowest BCUT2D eigenvalue weighted by Gasteiger charge is -2.36. The second-order valence-corrected chi connectivity index (χ2v) is 8.78. The molecule has 0 radical (unpaired) electrons. The molecule has 0 spiro atoms. The Morgan fingerprint density at radius 1 is 1.10 bits per heavy atom. The SMILES string of the molecule is Cc1ccc(Cn2nc(C)c(C(=O)N3CCC[C@@H](C(=O)N4CCOCC4)C3)c2Cl)cc1. The number of aromatic nitrogens is 2. The van der Waals surface area contributed by atoms with Crippen LogP contribution in [0.25, 0.3) is 0 Å². The summed E-state index contributed by atoms with van der Waals surface area (Å²) in [5.41, 5.74) is 3.31. The molecule has 0 bridgehead atoms. The molecule has 8 heteroatoms. The van der Waals surface area contributed by atoms with Gasteiger partial charge in [0.25, 0.3) is 5.91 Å². The van der Waals surface area contributed by atoms with E-state index in [0.29, 0.717) is 62.3 Å². The second kappa shape index (κ2) is 9.40. The molecule has 2 fully saturated rings. The lowest BCUT2D eigenvalue weighted by atomic mass is 9.95. The van der Waals surface area contributed by atoms with Gasteiger partial charge in [-0.1, -0.05) is 41.4 Å². The minimum Gasteiger partial charge on any atom is -0.378 e. The van der Waals surface area contributed by atoms with E-state index in [1.165, 1.54) is 5.56 Å². The molecule has 166 valence electrons. The Hall–Kier alpha value is -2.38. The van der Waals surface area contributed by atoms with Crippen molar-refractivity contribution in [3.63, 3.8) is 0 Å². The first-order valence-corrected chi connectivity index (χ1v) is 11.3. The largest absolute Gasteiger partial charge is 0.378 e. The third kappa shape index (κ3) is 4.77. The summed E-state index contributed by atoms with van der Waals surface area (Å²) in [6.07, 6.45) is 1.61. The van der Waals surface area contributed by atoms with Crippen LogP contribution in [0.1, 0.15) is 40.0 Å². The Morgan fingerprint density at radius 3 is 2.52 bits per heavy atom. The van der Waals surface area contributed by atoms with Gasteiger partial charge in [0.1, 0.15) is 5.15 Å². The van der Waals surface area contributed by atoms with Gasteiger partial charge in [-0.2, -0.15) is 5.10 Å². The molecule has 1 aromatic heterocycles. The van der Waals surface area contributed by atoms with E-state index in [1.54, 1.807) is 9.58 Å². The Labute approximate surface area is 187 Å². The van der Waals surface area contributed by atoms with Crippen LogP contribution in [0.3, 0.4) is 0 Å². The number of hydrogen-bond donors (Lipinski definition) is 0. The summed E-state index contributed by atoms with van der Waals surface area (Å²) in [7, 11) is 0. The number of morpholine rings is 1. The van der Waals surface area contributed by atoms with Gasteiger partial charge in [-0.3, -0.25) is 9.59 Å². The fourth-order valence-electron chi connectivity index (χ4n) is 4.33. The molecule has 2 aliphatic rings. The van der Waals surface area contributed by atoms with E-state index in [0.717, 1.165) is 18.4 Å². The zero-order valence-electron chi connectivity index (χ0n) is 18.1. The fourth-order valence-corrected chi connectivity index (χ4v) is 4.65. The second-order valence-electron chi connectivity index (χ2n) is 8.42. The summed E-state index contributed by atoms with van der Waals surface area (Å²) in [5.74, 6) is -0.187. The van der Waals surface area contributed by atoms with Gasteiger partial charge in [-0.15, -0.1) is 0 Å². The maximum atomic E-state index is 13.3. The molecule has 0 N–H and O–H groups in total. The smallest absolute Gasteiger partial charge is 0.258 e. The molecule has 31 heavy (non-hydrogen) atoms. The number of nitrogens with zero attached hydrogens (tertiary/aromatic N) is 4. The number of hydrogen-bond acceptors (Lipinski definition) is 4. The highest BCUT2D eigenvalue weighted by molar-refractivity contribution is 6.33. The van der Waals surface area contributed by atoms with E-state index in [1.807, 2.05) is 43.0 Å². The van der Waals surface area contributed by atoms with Crippen molar-refractivity contribution in [2.45, 2.75) is 33.2 Å². The number of carbonyl (C=O) groups excluding carboxylic acids is 2. The van der Waals surface area contributed by atoms with Gasteiger partial charge >= 0.3 is 0 Å². The van der Waals surface area contributed by atoms with Crippen molar-refractivity contribution in [2.24, 2.45) is 5.92 Å². The van der Waals surface area contributed by atoms with Crippen molar-refractivity contribution in [2.75, 3.05) is 39.4 Å². The highest BCUT2D eigenvalue weighted by Crippen LogP contribution is 2.26. The maximum Gasteiger partial charge on any atom is 0.258 e. The molecule has 0 aliphatic carbocycles. The third-order valence-electron chi connectivity index (χ3n) is 6.11. The van der Waals surface area contributed by atoms with Crippen molar-refractivity contribution in [3.05, 3.63) is 51.8 Å². The number of halogens is 1. The monoisotopic (exact) mass is 444 g/mol. The van der Waals surface area contributed by atoms with Crippen LogP contribution in [-0.2, 0) is 16.1 Å². The summed E-state index contributed by atoms with van der Waals surface area (Å²) in [5, 5.41) is 4.87. The van der Waals surface area contributed by atoms with Crippen molar-refractivity contribution in [1.29, 1.82) is 0 Å². The van der Waals surface area contributed by atoms with Gasteiger partial charge in [-0.25, -0.2) is 4.68 Å². The van der Waals surface area contributed by atoms with Gasteiger partial charge in [0.2, 0.25) is 5.91 Å². The normalized spacial score (nSPS) is 19.5. The highest BCUT2D eigenvalue weighted by Gasteiger charge is 2.34.